The standard InChI is InChI=1S/C23H26FN5S/c24-17-10-8-16(9-11-17)20-21(30-23(28-20)29-14-4-1-5-15-29)19-12-13-25-22(27-19)26-18-6-2-3-7-18/h8-13,18H,1-7,14-15H2,(H,25,26,27). The Bertz CT molecular complexity index is 991. The molecular weight excluding hydrogens is 397 g/mol. The van der Waals surface area contributed by atoms with Gasteiger partial charge in [-0.2, -0.15) is 0 Å². The van der Waals surface area contributed by atoms with E-state index >= 15 is 0 Å². The zero-order valence-electron chi connectivity index (χ0n) is 17.0. The van der Waals surface area contributed by atoms with Crippen LogP contribution in [-0.2, 0) is 0 Å². The summed E-state index contributed by atoms with van der Waals surface area (Å²) in [6.45, 7) is 2.07. The van der Waals surface area contributed by atoms with E-state index in [2.05, 4.69) is 15.2 Å². The number of benzene rings is 1. The average molecular weight is 424 g/mol. The fourth-order valence-corrected chi connectivity index (χ4v) is 5.42. The van der Waals surface area contributed by atoms with Crippen molar-refractivity contribution in [2.24, 2.45) is 0 Å². The molecule has 1 saturated carbocycles. The van der Waals surface area contributed by atoms with Gasteiger partial charge in [-0.25, -0.2) is 19.3 Å². The summed E-state index contributed by atoms with van der Waals surface area (Å²) in [4.78, 5) is 17.6. The maximum absolute atomic E-state index is 13.5. The summed E-state index contributed by atoms with van der Waals surface area (Å²) in [5, 5.41) is 4.51. The Morgan fingerprint density at radius 3 is 2.47 bits per heavy atom. The molecule has 2 aliphatic rings. The zero-order valence-corrected chi connectivity index (χ0v) is 17.8. The van der Waals surface area contributed by atoms with Crippen molar-refractivity contribution in [3.63, 3.8) is 0 Å². The third-order valence-corrected chi connectivity index (χ3v) is 7.08. The molecule has 1 aromatic carbocycles. The minimum Gasteiger partial charge on any atom is -0.351 e. The van der Waals surface area contributed by atoms with Crippen LogP contribution < -0.4 is 10.2 Å². The largest absolute Gasteiger partial charge is 0.351 e. The number of anilines is 2. The van der Waals surface area contributed by atoms with Gasteiger partial charge in [0.1, 0.15) is 5.82 Å². The first kappa shape index (κ1) is 19.4. The van der Waals surface area contributed by atoms with E-state index in [-0.39, 0.29) is 5.82 Å². The molecule has 0 unspecified atom stereocenters. The molecule has 30 heavy (non-hydrogen) atoms. The Morgan fingerprint density at radius 2 is 1.70 bits per heavy atom. The molecule has 7 heteroatoms. The lowest BCUT2D eigenvalue weighted by Crippen LogP contribution is -2.29. The summed E-state index contributed by atoms with van der Waals surface area (Å²) in [5.41, 5.74) is 2.64. The van der Waals surface area contributed by atoms with Gasteiger partial charge in [0.25, 0.3) is 0 Å². The Morgan fingerprint density at radius 1 is 0.933 bits per heavy atom. The molecule has 1 saturated heterocycles. The van der Waals surface area contributed by atoms with E-state index < -0.39 is 0 Å². The van der Waals surface area contributed by atoms with Crippen LogP contribution in [0.2, 0.25) is 0 Å². The molecule has 0 atom stereocenters. The van der Waals surface area contributed by atoms with Crippen molar-refractivity contribution in [2.75, 3.05) is 23.3 Å². The fraction of sp³-hybridized carbons (Fsp3) is 0.435. The molecule has 5 rings (SSSR count). The van der Waals surface area contributed by atoms with Crippen LogP contribution in [0.15, 0.2) is 36.5 Å². The van der Waals surface area contributed by atoms with Gasteiger partial charge in [-0.3, -0.25) is 0 Å². The van der Waals surface area contributed by atoms with Crippen molar-refractivity contribution >= 4 is 22.4 Å². The highest BCUT2D eigenvalue weighted by molar-refractivity contribution is 7.19. The highest BCUT2D eigenvalue weighted by Gasteiger charge is 2.22. The predicted octanol–water partition coefficient (Wildman–Crippen LogP) is 5.75. The van der Waals surface area contributed by atoms with Gasteiger partial charge in [-0.05, 0) is 62.4 Å². The number of rotatable bonds is 5. The summed E-state index contributed by atoms with van der Waals surface area (Å²) >= 11 is 1.67. The number of hydrogen-bond donors (Lipinski definition) is 1. The lowest BCUT2D eigenvalue weighted by Gasteiger charge is -2.25. The fourth-order valence-electron chi connectivity index (χ4n) is 4.31. The normalized spacial score (nSPS) is 17.4. The van der Waals surface area contributed by atoms with E-state index in [4.69, 9.17) is 9.97 Å². The molecule has 2 aromatic heterocycles. The molecular formula is C23H26FN5S. The number of halogens is 1. The maximum Gasteiger partial charge on any atom is 0.223 e. The Hall–Kier alpha value is -2.54. The summed E-state index contributed by atoms with van der Waals surface area (Å²) in [5.74, 6) is 0.439. The summed E-state index contributed by atoms with van der Waals surface area (Å²) in [6.07, 6.45) is 10.4. The van der Waals surface area contributed by atoms with Crippen molar-refractivity contribution in [3.05, 3.63) is 42.3 Å². The van der Waals surface area contributed by atoms with E-state index in [1.54, 1.807) is 23.5 Å². The van der Waals surface area contributed by atoms with E-state index in [1.807, 2.05) is 12.3 Å². The van der Waals surface area contributed by atoms with Crippen LogP contribution in [0.1, 0.15) is 44.9 Å². The highest BCUT2D eigenvalue weighted by atomic mass is 32.1. The Balaban J connectivity index is 1.52. The number of nitrogens with one attached hydrogen (secondary N) is 1. The van der Waals surface area contributed by atoms with E-state index in [9.17, 15) is 4.39 Å². The number of aromatic nitrogens is 3. The first-order valence-electron chi connectivity index (χ1n) is 10.9. The molecule has 2 fully saturated rings. The monoisotopic (exact) mass is 423 g/mol. The second-order valence-corrected chi connectivity index (χ2v) is 9.10. The minimum absolute atomic E-state index is 0.239. The summed E-state index contributed by atoms with van der Waals surface area (Å²) in [7, 11) is 0. The van der Waals surface area contributed by atoms with Gasteiger partial charge in [0.05, 0.1) is 16.3 Å². The van der Waals surface area contributed by atoms with Crippen LogP contribution in [-0.4, -0.2) is 34.1 Å². The van der Waals surface area contributed by atoms with Crippen LogP contribution >= 0.6 is 11.3 Å². The first-order chi connectivity index (χ1) is 14.8. The smallest absolute Gasteiger partial charge is 0.223 e. The number of piperidine rings is 1. The topological polar surface area (TPSA) is 53.9 Å². The third kappa shape index (κ3) is 4.17. The molecule has 1 N–H and O–H groups in total. The first-order valence-corrected chi connectivity index (χ1v) is 11.7. The van der Waals surface area contributed by atoms with Crippen LogP contribution in [0.25, 0.3) is 21.8 Å². The zero-order chi connectivity index (χ0) is 20.3. The van der Waals surface area contributed by atoms with Gasteiger partial charge in [-0.15, -0.1) is 0 Å². The maximum atomic E-state index is 13.5. The lowest BCUT2D eigenvalue weighted by molar-refractivity contribution is 0.577. The van der Waals surface area contributed by atoms with Crippen LogP contribution in [0, 0.1) is 5.82 Å². The van der Waals surface area contributed by atoms with Crippen LogP contribution in [0.3, 0.4) is 0 Å². The SMILES string of the molecule is Fc1ccc(-c2nc(N3CCCCC3)sc2-c2ccnc(NC3CCCC3)n2)cc1. The summed E-state index contributed by atoms with van der Waals surface area (Å²) < 4.78 is 13.5. The van der Waals surface area contributed by atoms with E-state index in [1.165, 1.54) is 57.1 Å². The minimum atomic E-state index is -0.239. The van der Waals surface area contributed by atoms with E-state index in [0.29, 0.717) is 12.0 Å². The predicted molar refractivity (Wildman–Crippen MR) is 120 cm³/mol. The van der Waals surface area contributed by atoms with Crippen molar-refractivity contribution in [3.8, 4) is 21.8 Å². The number of thiazole rings is 1. The Labute approximate surface area is 180 Å². The Kier molecular flexibility index (Phi) is 5.62. The van der Waals surface area contributed by atoms with Crippen LogP contribution in [0.5, 0.6) is 0 Å². The molecule has 156 valence electrons. The van der Waals surface area contributed by atoms with Gasteiger partial charge >= 0.3 is 0 Å². The molecule has 0 amide bonds. The molecule has 0 spiro atoms. The van der Waals surface area contributed by atoms with Gasteiger partial charge in [-0.1, -0.05) is 24.2 Å². The summed E-state index contributed by atoms with van der Waals surface area (Å²) in [6, 6.07) is 8.99. The molecule has 3 aromatic rings. The van der Waals surface area contributed by atoms with Gasteiger partial charge in [0.2, 0.25) is 5.95 Å². The second kappa shape index (κ2) is 8.68. The van der Waals surface area contributed by atoms with Crippen molar-refractivity contribution in [1.82, 2.24) is 15.0 Å². The number of nitrogens with zero attached hydrogens (tertiary/aromatic N) is 4. The van der Waals surface area contributed by atoms with Crippen LogP contribution in [0.4, 0.5) is 15.5 Å². The van der Waals surface area contributed by atoms with Crippen molar-refractivity contribution < 1.29 is 4.39 Å². The highest BCUT2D eigenvalue weighted by Crippen LogP contribution is 2.40. The lowest BCUT2D eigenvalue weighted by atomic mass is 10.1. The molecule has 0 bridgehead atoms. The van der Waals surface area contributed by atoms with Crippen molar-refractivity contribution in [1.29, 1.82) is 0 Å². The molecule has 3 heterocycles. The molecule has 1 aliphatic carbocycles. The van der Waals surface area contributed by atoms with E-state index in [0.717, 1.165) is 40.0 Å². The average Bonchev–Trinajstić information content (AvgIpc) is 3.45. The molecule has 5 nitrogen and oxygen atoms in total. The second-order valence-electron chi connectivity index (χ2n) is 8.12. The van der Waals surface area contributed by atoms with Crippen molar-refractivity contribution in [2.45, 2.75) is 51.0 Å². The van der Waals surface area contributed by atoms with Gasteiger partial charge in [0, 0.05) is 30.9 Å². The third-order valence-electron chi connectivity index (χ3n) is 5.94. The van der Waals surface area contributed by atoms with Gasteiger partial charge in [0.15, 0.2) is 5.13 Å². The number of hydrogen-bond acceptors (Lipinski definition) is 6. The molecule has 1 aliphatic heterocycles. The quantitative estimate of drug-likeness (QED) is 0.566. The van der Waals surface area contributed by atoms with Gasteiger partial charge < -0.3 is 10.2 Å². The molecule has 0 radical (unpaired) electrons.